The first kappa shape index (κ1) is 15.8. The number of aromatic hydroxyl groups is 1. The number of carbonyl (C=O) groups is 2. The zero-order valence-corrected chi connectivity index (χ0v) is 11.3. The van der Waals surface area contributed by atoms with E-state index in [2.05, 4.69) is 5.32 Å². The van der Waals surface area contributed by atoms with Gasteiger partial charge in [-0.15, -0.1) is 0 Å². The predicted octanol–water partition coefficient (Wildman–Crippen LogP) is -0.0203. The van der Waals surface area contributed by atoms with Gasteiger partial charge in [-0.05, 0) is 37.5 Å². The quantitative estimate of drug-likeness (QED) is 0.697. The number of hydrogen-bond acceptors (Lipinski definition) is 5. The normalized spacial score (nSPS) is 10.1. The average molecular weight is 280 g/mol. The Morgan fingerprint density at radius 1 is 1.35 bits per heavy atom. The van der Waals surface area contributed by atoms with Crippen molar-refractivity contribution >= 4 is 11.9 Å². The van der Waals surface area contributed by atoms with E-state index < -0.39 is 5.97 Å². The molecule has 0 heterocycles. The van der Waals surface area contributed by atoms with Crippen molar-refractivity contribution in [1.82, 2.24) is 5.32 Å². The van der Waals surface area contributed by atoms with Gasteiger partial charge in [-0.2, -0.15) is 0 Å². The van der Waals surface area contributed by atoms with Crippen LogP contribution in [0.4, 0.5) is 0 Å². The van der Waals surface area contributed by atoms with Gasteiger partial charge in [0.25, 0.3) is 0 Å². The molecule has 0 aliphatic heterocycles. The third-order valence-electron chi connectivity index (χ3n) is 2.62. The van der Waals surface area contributed by atoms with Crippen molar-refractivity contribution in [3.8, 4) is 11.5 Å². The maximum atomic E-state index is 11.3. The van der Waals surface area contributed by atoms with Gasteiger partial charge in [-0.25, -0.2) is 0 Å². The zero-order valence-electron chi connectivity index (χ0n) is 11.3. The number of carboxylic acids is 1. The van der Waals surface area contributed by atoms with Gasteiger partial charge in [-0.3, -0.25) is 4.79 Å². The van der Waals surface area contributed by atoms with Crippen LogP contribution in [0.2, 0.25) is 0 Å². The second-order valence-electron chi connectivity index (χ2n) is 4.21. The summed E-state index contributed by atoms with van der Waals surface area (Å²) in [5.41, 5.74) is 0.909. The van der Waals surface area contributed by atoms with Gasteiger partial charge in [0.1, 0.15) is 0 Å². The van der Waals surface area contributed by atoms with Gasteiger partial charge in [-0.1, -0.05) is 6.07 Å². The highest BCUT2D eigenvalue weighted by molar-refractivity contribution is 5.79. The molecule has 0 unspecified atom stereocenters. The van der Waals surface area contributed by atoms with Gasteiger partial charge >= 0.3 is 0 Å². The Kier molecular flexibility index (Phi) is 6.36. The highest BCUT2D eigenvalue weighted by atomic mass is 16.5. The molecule has 0 saturated carbocycles. The molecular formula is C14H18NO5-. The summed E-state index contributed by atoms with van der Waals surface area (Å²) in [5.74, 6) is -1.07. The first-order chi connectivity index (χ1) is 9.52. The molecule has 0 aromatic heterocycles. The van der Waals surface area contributed by atoms with E-state index in [0.717, 1.165) is 5.56 Å². The van der Waals surface area contributed by atoms with Crippen molar-refractivity contribution in [1.29, 1.82) is 0 Å². The molecule has 0 aliphatic rings. The number of aliphatic carboxylic acids is 1. The Morgan fingerprint density at radius 2 is 2.10 bits per heavy atom. The molecule has 2 N–H and O–H groups in total. The number of rotatable bonds is 8. The van der Waals surface area contributed by atoms with Crippen molar-refractivity contribution in [2.75, 3.05) is 13.2 Å². The maximum Gasteiger partial charge on any atom is 0.220 e. The summed E-state index contributed by atoms with van der Waals surface area (Å²) in [7, 11) is 0. The number of amides is 1. The number of ether oxygens (including phenoxy) is 1. The molecule has 6 heteroatoms. The fourth-order valence-electron chi connectivity index (χ4n) is 1.64. The number of carbonyl (C=O) groups excluding carboxylic acids is 2. The maximum absolute atomic E-state index is 11.3. The van der Waals surface area contributed by atoms with Crippen molar-refractivity contribution < 1.29 is 24.5 Å². The van der Waals surface area contributed by atoms with Crippen LogP contribution in [0.25, 0.3) is 0 Å². The Morgan fingerprint density at radius 3 is 2.75 bits per heavy atom. The highest BCUT2D eigenvalue weighted by Gasteiger charge is 2.05. The lowest BCUT2D eigenvalue weighted by atomic mass is 10.1. The average Bonchev–Trinajstić information content (AvgIpc) is 2.40. The Hall–Kier alpha value is -2.24. The van der Waals surface area contributed by atoms with Crippen molar-refractivity contribution in [3.63, 3.8) is 0 Å². The molecule has 0 radical (unpaired) electrons. The Labute approximate surface area is 117 Å². The number of hydrogen-bond donors (Lipinski definition) is 2. The molecule has 0 aliphatic carbocycles. The van der Waals surface area contributed by atoms with Gasteiger partial charge in [0.05, 0.1) is 6.61 Å². The van der Waals surface area contributed by atoms with E-state index in [1.807, 2.05) is 6.92 Å². The minimum Gasteiger partial charge on any atom is -0.550 e. The van der Waals surface area contributed by atoms with Crippen molar-refractivity contribution in [2.45, 2.75) is 26.2 Å². The number of phenolic OH excluding ortho intramolecular Hbond substituents is 1. The minimum absolute atomic E-state index is 0.0774. The standard InChI is InChI=1S/C14H19NO5/c1-2-20-12-9-10(3-4-11(12)16)7-8-15-13(17)5-6-14(18)19/h3-4,9,16H,2,5-8H2,1H3,(H,15,17)(H,18,19)/p-1. The Bertz CT molecular complexity index is 473. The van der Waals surface area contributed by atoms with E-state index in [4.69, 9.17) is 4.74 Å². The van der Waals surface area contributed by atoms with E-state index in [1.165, 1.54) is 6.07 Å². The van der Waals surface area contributed by atoms with Gasteiger partial charge < -0.3 is 25.1 Å². The first-order valence-corrected chi connectivity index (χ1v) is 6.44. The summed E-state index contributed by atoms with van der Waals surface area (Å²) in [4.78, 5) is 21.5. The second-order valence-corrected chi connectivity index (χ2v) is 4.21. The van der Waals surface area contributed by atoms with E-state index in [9.17, 15) is 19.8 Å². The molecule has 1 rings (SSSR count). The van der Waals surface area contributed by atoms with Crippen molar-refractivity contribution in [3.05, 3.63) is 23.8 Å². The van der Waals surface area contributed by atoms with E-state index in [0.29, 0.717) is 25.3 Å². The monoisotopic (exact) mass is 280 g/mol. The largest absolute Gasteiger partial charge is 0.550 e. The van der Waals surface area contributed by atoms with E-state index >= 15 is 0 Å². The summed E-state index contributed by atoms with van der Waals surface area (Å²) in [6.45, 7) is 2.67. The SMILES string of the molecule is CCOc1cc(CCNC(=O)CCC(=O)[O-])ccc1O. The summed E-state index contributed by atoms with van der Waals surface area (Å²) in [6, 6.07) is 5.00. The molecule has 0 saturated heterocycles. The molecule has 1 aromatic carbocycles. The van der Waals surface area contributed by atoms with Gasteiger partial charge in [0.2, 0.25) is 5.91 Å². The number of nitrogens with one attached hydrogen (secondary N) is 1. The van der Waals surface area contributed by atoms with Crippen LogP contribution in [0, 0.1) is 0 Å². The lowest BCUT2D eigenvalue weighted by molar-refractivity contribution is -0.305. The number of phenols is 1. The molecule has 0 bridgehead atoms. The van der Waals surface area contributed by atoms with E-state index in [-0.39, 0.29) is 24.5 Å². The zero-order chi connectivity index (χ0) is 15.0. The number of benzene rings is 1. The fraction of sp³-hybridized carbons (Fsp3) is 0.429. The summed E-state index contributed by atoms with van der Waals surface area (Å²) in [5, 5.41) is 22.4. The van der Waals surface area contributed by atoms with Crippen LogP contribution in [-0.4, -0.2) is 30.1 Å². The summed E-state index contributed by atoms with van der Waals surface area (Å²) in [6.07, 6.45) is 0.207. The molecule has 6 nitrogen and oxygen atoms in total. The number of carboxylic acid groups (broad SMARTS) is 1. The predicted molar refractivity (Wildman–Crippen MR) is 70.2 cm³/mol. The molecule has 0 fully saturated rings. The fourth-order valence-corrected chi connectivity index (χ4v) is 1.64. The van der Waals surface area contributed by atoms with Crippen LogP contribution in [-0.2, 0) is 16.0 Å². The summed E-state index contributed by atoms with van der Waals surface area (Å²) < 4.78 is 5.26. The van der Waals surface area contributed by atoms with Crippen molar-refractivity contribution in [2.24, 2.45) is 0 Å². The minimum atomic E-state index is -1.24. The lowest BCUT2D eigenvalue weighted by Crippen LogP contribution is -2.29. The molecular weight excluding hydrogens is 262 g/mol. The highest BCUT2D eigenvalue weighted by Crippen LogP contribution is 2.26. The molecule has 110 valence electrons. The second kappa shape index (κ2) is 8.04. The summed E-state index contributed by atoms with van der Waals surface area (Å²) >= 11 is 0. The van der Waals surface area contributed by atoms with Crippen LogP contribution in [0.15, 0.2) is 18.2 Å². The molecule has 0 spiro atoms. The molecule has 0 atom stereocenters. The first-order valence-electron chi connectivity index (χ1n) is 6.44. The smallest absolute Gasteiger partial charge is 0.220 e. The third kappa shape index (κ3) is 5.60. The van der Waals surface area contributed by atoms with Crippen LogP contribution in [0.1, 0.15) is 25.3 Å². The van der Waals surface area contributed by atoms with E-state index in [1.54, 1.807) is 12.1 Å². The molecule has 1 amide bonds. The van der Waals surface area contributed by atoms with Crippen LogP contribution >= 0.6 is 0 Å². The van der Waals surface area contributed by atoms with Crippen LogP contribution in [0.5, 0.6) is 11.5 Å². The lowest BCUT2D eigenvalue weighted by Gasteiger charge is -2.09. The third-order valence-corrected chi connectivity index (χ3v) is 2.62. The van der Waals surface area contributed by atoms with Gasteiger partial charge in [0, 0.05) is 18.9 Å². The molecule has 20 heavy (non-hydrogen) atoms. The van der Waals surface area contributed by atoms with Crippen LogP contribution in [0.3, 0.4) is 0 Å². The Balaban J connectivity index is 2.40. The molecule has 1 aromatic rings. The topological polar surface area (TPSA) is 98.7 Å². The van der Waals surface area contributed by atoms with Crippen LogP contribution < -0.4 is 15.2 Å². The van der Waals surface area contributed by atoms with Gasteiger partial charge in [0.15, 0.2) is 11.5 Å².